The highest BCUT2D eigenvalue weighted by Gasteiger charge is 2.14. The summed E-state index contributed by atoms with van der Waals surface area (Å²) in [7, 11) is 3.97. The van der Waals surface area contributed by atoms with Crippen molar-refractivity contribution in [2.45, 2.75) is 19.9 Å². The summed E-state index contributed by atoms with van der Waals surface area (Å²) in [6.45, 7) is 3.66. The van der Waals surface area contributed by atoms with E-state index in [1.54, 1.807) is 43.3 Å². The Morgan fingerprint density at radius 2 is 1.97 bits per heavy atom. The maximum absolute atomic E-state index is 12.5. The predicted octanol–water partition coefficient (Wildman–Crippen LogP) is 2.89. The van der Waals surface area contributed by atoms with Crippen LogP contribution in [0.2, 0.25) is 0 Å². The van der Waals surface area contributed by atoms with E-state index in [1.807, 2.05) is 20.2 Å². The molecule has 2 N–H and O–H groups in total. The van der Waals surface area contributed by atoms with Crippen LogP contribution in [-0.2, 0) is 11.3 Å². The second kappa shape index (κ2) is 10.6. The third kappa shape index (κ3) is 5.98. The van der Waals surface area contributed by atoms with Crippen molar-refractivity contribution in [3.63, 3.8) is 0 Å². The molecule has 0 aliphatic carbocycles. The van der Waals surface area contributed by atoms with Crippen molar-refractivity contribution >= 4 is 28.8 Å². The first kappa shape index (κ1) is 23.1. The van der Waals surface area contributed by atoms with Crippen molar-refractivity contribution < 1.29 is 18.7 Å². The number of ether oxygens (including phenoxy) is 1. The monoisotopic (exact) mass is 440 g/mol. The topological polar surface area (TPSA) is 106 Å². The Kier molecular flexibility index (Phi) is 7.67. The lowest BCUT2D eigenvalue weighted by atomic mass is 10.1. The largest absolute Gasteiger partial charge is 0.450 e. The van der Waals surface area contributed by atoms with Gasteiger partial charge in [0.25, 0.3) is 5.91 Å². The zero-order valence-electron chi connectivity index (χ0n) is 18.5. The fourth-order valence-electron chi connectivity index (χ4n) is 3.27. The molecule has 0 radical (unpaired) electrons. The highest BCUT2D eigenvalue weighted by molar-refractivity contribution is 5.97. The van der Waals surface area contributed by atoms with Gasteiger partial charge >= 0.3 is 11.8 Å². The number of nitrogens with one attached hydrogen (secondary N) is 2. The second-order valence-electron chi connectivity index (χ2n) is 7.60. The number of anilines is 1. The first-order valence-electron chi connectivity index (χ1n) is 10.5. The molecule has 0 bridgehead atoms. The molecule has 1 heterocycles. The van der Waals surface area contributed by atoms with E-state index >= 15 is 0 Å². The Morgan fingerprint density at radius 1 is 1.16 bits per heavy atom. The van der Waals surface area contributed by atoms with E-state index in [-0.39, 0.29) is 19.1 Å². The van der Waals surface area contributed by atoms with Crippen LogP contribution in [0.25, 0.3) is 11.1 Å². The smallest absolute Gasteiger partial charge is 0.420 e. The van der Waals surface area contributed by atoms with Crippen molar-refractivity contribution in [2.75, 3.05) is 39.1 Å². The second-order valence-corrected chi connectivity index (χ2v) is 7.60. The van der Waals surface area contributed by atoms with E-state index in [4.69, 9.17) is 9.15 Å². The Labute approximate surface area is 186 Å². The van der Waals surface area contributed by atoms with Gasteiger partial charge in [0.2, 0.25) is 0 Å². The van der Waals surface area contributed by atoms with Crippen LogP contribution in [0, 0.1) is 0 Å². The normalized spacial score (nSPS) is 11.0. The predicted molar refractivity (Wildman–Crippen MR) is 122 cm³/mol. The third-order valence-corrected chi connectivity index (χ3v) is 4.79. The molecule has 32 heavy (non-hydrogen) atoms. The summed E-state index contributed by atoms with van der Waals surface area (Å²) >= 11 is 0. The summed E-state index contributed by atoms with van der Waals surface area (Å²) in [4.78, 5) is 38.7. The van der Waals surface area contributed by atoms with E-state index in [2.05, 4.69) is 15.5 Å². The van der Waals surface area contributed by atoms with Gasteiger partial charge < -0.3 is 19.4 Å². The van der Waals surface area contributed by atoms with Gasteiger partial charge in [0.15, 0.2) is 5.58 Å². The number of benzene rings is 2. The number of hydrogen-bond donors (Lipinski definition) is 2. The molecule has 170 valence electrons. The molecular formula is C23H28N4O5. The molecule has 2 amide bonds. The maximum atomic E-state index is 12.5. The van der Waals surface area contributed by atoms with Crippen LogP contribution in [0.4, 0.5) is 10.5 Å². The van der Waals surface area contributed by atoms with Crippen LogP contribution in [0.5, 0.6) is 0 Å². The zero-order valence-corrected chi connectivity index (χ0v) is 18.5. The minimum absolute atomic E-state index is 0.202. The lowest BCUT2D eigenvalue weighted by molar-refractivity contribution is 0.0952. The van der Waals surface area contributed by atoms with E-state index < -0.39 is 11.8 Å². The lowest BCUT2D eigenvalue weighted by Crippen LogP contribution is -2.27. The summed E-state index contributed by atoms with van der Waals surface area (Å²) in [5, 5.41) is 5.54. The quantitative estimate of drug-likeness (QED) is 0.496. The number of nitrogens with zero attached hydrogens (tertiary/aromatic N) is 2. The van der Waals surface area contributed by atoms with Gasteiger partial charge in [-0.15, -0.1) is 0 Å². The van der Waals surface area contributed by atoms with Gasteiger partial charge in [-0.1, -0.05) is 12.1 Å². The Morgan fingerprint density at radius 3 is 2.72 bits per heavy atom. The average molecular weight is 441 g/mol. The van der Waals surface area contributed by atoms with Crippen molar-refractivity contribution in [3.05, 3.63) is 64.1 Å². The summed E-state index contributed by atoms with van der Waals surface area (Å²) in [6.07, 6.45) is 0.296. The molecule has 0 fully saturated rings. The molecule has 1 aromatic heterocycles. The van der Waals surface area contributed by atoms with Crippen molar-refractivity contribution in [2.24, 2.45) is 0 Å². The number of carbonyl (C=O) groups is 2. The first-order valence-corrected chi connectivity index (χ1v) is 10.5. The standard InChI is InChI=1S/C23H28N4O5/c1-4-31-22(29)25-18-8-5-7-16(13-18)15-27-19-14-17(9-10-20(19)32-23(27)30)21(28)24-11-6-12-26(2)3/h5,7-10,13-14H,4,6,11-12,15H2,1-3H3,(H,24,28)(H,25,29). The number of carbonyl (C=O) groups excluding carboxylic acids is 2. The van der Waals surface area contributed by atoms with Gasteiger partial charge in [0.1, 0.15) is 0 Å². The van der Waals surface area contributed by atoms with E-state index in [0.29, 0.717) is 28.9 Å². The van der Waals surface area contributed by atoms with Gasteiger partial charge in [-0.2, -0.15) is 0 Å². The minimum Gasteiger partial charge on any atom is -0.450 e. The van der Waals surface area contributed by atoms with E-state index in [9.17, 15) is 14.4 Å². The zero-order chi connectivity index (χ0) is 23.1. The molecular weight excluding hydrogens is 412 g/mol. The molecule has 3 aromatic rings. The van der Waals surface area contributed by atoms with Crippen LogP contribution in [0.3, 0.4) is 0 Å². The van der Waals surface area contributed by atoms with Gasteiger partial charge in [0, 0.05) is 17.8 Å². The average Bonchev–Trinajstić information content (AvgIpc) is 3.05. The first-order chi connectivity index (χ1) is 15.4. The Balaban J connectivity index is 1.78. The molecule has 9 nitrogen and oxygen atoms in total. The number of oxazole rings is 1. The molecule has 0 spiro atoms. The molecule has 3 rings (SSSR count). The Hall–Kier alpha value is -3.59. The van der Waals surface area contributed by atoms with E-state index in [1.165, 1.54) is 4.57 Å². The maximum Gasteiger partial charge on any atom is 0.420 e. The lowest BCUT2D eigenvalue weighted by Gasteiger charge is -2.10. The molecule has 0 aliphatic rings. The van der Waals surface area contributed by atoms with Crippen LogP contribution in [0.1, 0.15) is 29.3 Å². The summed E-state index contributed by atoms with van der Waals surface area (Å²) in [5.74, 6) is -0.723. The van der Waals surface area contributed by atoms with Crippen LogP contribution in [0.15, 0.2) is 51.7 Å². The van der Waals surface area contributed by atoms with Crippen LogP contribution >= 0.6 is 0 Å². The number of amides is 2. The number of fused-ring (bicyclic) bond motifs is 1. The third-order valence-electron chi connectivity index (χ3n) is 4.79. The molecule has 0 aliphatic heterocycles. The van der Waals surface area contributed by atoms with Crippen LogP contribution in [-0.4, -0.2) is 55.3 Å². The number of aromatic nitrogens is 1. The van der Waals surface area contributed by atoms with Crippen molar-refractivity contribution in [3.8, 4) is 0 Å². The Bertz CT molecular complexity index is 1150. The molecule has 0 saturated carbocycles. The summed E-state index contributed by atoms with van der Waals surface area (Å²) < 4.78 is 11.7. The summed E-state index contributed by atoms with van der Waals surface area (Å²) in [6, 6.07) is 12.0. The SMILES string of the molecule is CCOC(=O)Nc1cccc(Cn2c(=O)oc3ccc(C(=O)NCCCN(C)C)cc32)c1. The van der Waals surface area contributed by atoms with Crippen LogP contribution < -0.4 is 16.4 Å². The van der Waals surface area contributed by atoms with Gasteiger partial charge in [-0.25, -0.2) is 9.59 Å². The highest BCUT2D eigenvalue weighted by Crippen LogP contribution is 2.18. The molecule has 0 atom stereocenters. The van der Waals surface area contributed by atoms with E-state index in [0.717, 1.165) is 18.5 Å². The molecule has 0 saturated heterocycles. The fraction of sp³-hybridized carbons (Fsp3) is 0.348. The van der Waals surface area contributed by atoms with Gasteiger partial charge in [-0.3, -0.25) is 14.7 Å². The molecule has 2 aromatic carbocycles. The minimum atomic E-state index is -0.545. The number of rotatable bonds is 9. The van der Waals surface area contributed by atoms with Gasteiger partial charge in [0.05, 0.1) is 18.7 Å². The molecule has 9 heteroatoms. The van der Waals surface area contributed by atoms with Crippen molar-refractivity contribution in [1.82, 2.24) is 14.8 Å². The van der Waals surface area contributed by atoms with Crippen molar-refractivity contribution in [1.29, 1.82) is 0 Å². The fourth-order valence-corrected chi connectivity index (χ4v) is 3.27. The van der Waals surface area contributed by atoms with Gasteiger partial charge in [-0.05, 0) is 69.9 Å². The summed E-state index contributed by atoms with van der Waals surface area (Å²) in [5.41, 5.74) is 2.72. The highest BCUT2D eigenvalue weighted by atomic mass is 16.5. The number of hydrogen-bond acceptors (Lipinski definition) is 6. The molecule has 0 unspecified atom stereocenters.